The lowest BCUT2D eigenvalue weighted by atomic mass is 9.94. The molecule has 0 atom stereocenters. The molecular weight excluding hydrogens is 348 g/mol. The fraction of sp³-hybridized carbons (Fsp3) is 0.263. The second-order valence-electron chi connectivity index (χ2n) is 6.70. The zero-order valence-electron chi connectivity index (χ0n) is 15.0. The maximum absolute atomic E-state index is 10.9. The Kier molecular flexibility index (Phi) is 4.33. The average Bonchev–Trinajstić information content (AvgIpc) is 3.01. The number of rotatable bonds is 4. The number of hydrogen-bond acceptors (Lipinski definition) is 7. The molecule has 0 aliphatic carbocycles. The van der Waals surface area contributed by atoms with Crippen LogP contribution in [0.5, 0.6) is 11.5 Å². The number of fused-ring (bicyclic) bond motifs is 2. The molecule has 0 aromatic heterocycles. The van der Waals surface area contributed by atoms with Crippen LogP contribution in [0.3, 0.4) is 0 Å². The number of non-ortho nitro benzene ring substituents is 1. The molecule has 2 heterocycles. The molecule has 2 aliphatic rings. The minimum atomic E-state index is -0.419. The molecule has 138 valence electrons. The van der Waals surface area contributed by atoms with E-state index >= 15 is 0 Å². The quantitative estimate of drug-likeness (QED) is 0.613. The Morgan fingerprint density at radius 2 is 1.81 bits per heavy atom. The average molecular weight is 366 g/mol. The highest BCUT2D eigenvalue weighted by Gasteiger charge is 2.24. The van der Waals surface area contributed by atoms with Crippen molar-refractivity contribution < 1.29 is 14.4 Å². The predicted molar refractivity (Wildman–Crippen MR) is 101 cm³/mol. The largest absolute Gasteiger partial charge is 0.454 e. The molecule has 2 aromatic rings. The van der Waals surface area contributed by atoms with E-state index in [1.165, 1.54) is 12.1 Å². The fourth-order valence-electron chi connectivity index (χ4n) is 3.19. The third-order valence-corrected chi connectivity index (χ3v) is 4.39. The second kappa shape index (κ2) is 6.81. The van der Waals surface area contributed by atoms with Crippen LogP contribution >= 0.6 is 0 Å². The van der Waals surface area contributed by atoms with E-state index in [9.17, 15) is 10.1 Å². The van der Waals surface area contributed by atoms with E-state index < -0.39 is 4.92 Å². The van der Waals surface area contributed by atoms with Crippen molar-refractivity contribution in [1.29, 1.82) is 0 Å². The molecular formula is C19H18N4O4. The molecule has 0 fully saturated rings. The Hall–Kier alpha value is -3.26. The van der Waals surface area contributed by atoms with Gasteiger partial charge in [-0.15, -0.1) is 5.10 Å². The van der Waals surface area contributed by atoms with Crippen molar-refractivity contribution in [2.75, 3.05) is 27.4 Å². The van der Waals surface area contributed by atoms with Gasteiger partial charge < -0.3 is 14.4 Å². The van der Waals surface area contributed by atoms with Gasteiger partial charge in [0.2, 0.25) is 6.79 Å². The number of hydrogen-bond donors (Lipinski definition) is 0. The molecule has 0 saturated carbocycles. The van der Waals surface area contributed by atoms with Crippen LogP contribution in [0.4, 0.5) is 5.69 Å². The smallest absolute Gasteiger partial charge is 0.269 e. The first-order valence-electron chi connectivity index (χ1n) is 8.47. The zero-order valence-corrected chi connectivity index (χ0v) is 15.0. The van der Waals surface area contributed by atoms with E-state index in [2.05, 4.69) is 10.2 Å². The standard InChI is InChI=1S/C19H18N4O4/c1-22(2)10-14-7-13-8-17-18(27-11-26-17)9-16(13)19(21-20-14)12-3-5-15(6-4-12)23(24)25/h3-6,8-9H,7,10-11H2,1-2H3. The summed E-state index contributed by atoms with van der Waals surface area (Å²) < 4.78 is 11.0. The van der Waals surface area contributed by atoms with Crippen molar-refractivity contribution in [3.05, 3.63) is 63.2 Å². The number of benzene rings is 2. The van der Waals surface area contributed by atoms with E-state index in [0.29, 0.717) is 30.2 Å². The van der Waals surface area contributed by atoms with Gasteiger partial charge >= 0.3 is 0 Å². The van der Waals surface area contributed by atoms with Gasteiger partial charge in [0, 0.05) is 36.2 Å². The van der Waals surface area contributed by atoms with Crippen LogP contribution in [0, 0.1) is 10.1 Å². The van der Waals surface area contributed by atoms with E-state index in [1.54, 1.807) is 12.1 Å². The Labute approximate surface area is 155 Å². The summed E-state index contributed by atoms with van der Waals surface area (Å²) in [7, 11) is 3.96. The number of nitro benzene ring substituents is 1. The van der Waals surface area contributed by atoms with E-state index in [1.807, 2.05) is 31.1 Å². The molecule has 0 spiro atoms. The summed E-state index contributed by atoms with van der Waals surface area (Å²) >= 11 is 0. The second-order valence-corrected chi connectivity index (χ2v) is 6.70. The molecule has 2 aliphatic heterocycles. The molecule has 0 N–H and O–H groups in total. The van der Waals surface area contributed by atoms with Crippen LogP contribution in [0.25, 0.3) is 0 Å². The molecule has 2 aromatic carbocycles. The highest BCUT2D eigenvalue weighted by molar-refractivity contribution is 6.15. The molecule has 27 heavy (non-hydrogen) atoms. The molecule has 0 saturated heterocycles. The Morgan fingerprint density at radius 3 is 2.48 bits per heavy atom. The van der Waals surface area contributed by atoms with Crippen LogP contribution in [0.1, 0.15) is 16.7 Å². The monoisotopic (exact) mass is 366 g/mol. The van der Waals surface area contributed by atoms with Gasteiger partial charge in [-0.25, -0.2) is 0 Å². The minimum Gasteiger partial charge on any atom is -0.454 e. The van der Waals surface area contributed by atoms with Crippen molar-refractivity contribution in [2.24, 2.45) is 10.2 Å². The molecule has 0 bridgehead atoms. The Balaban J connectivity index is 1.82. The summed E-state index contributed by atoms with van der Waals surface area (Å²) in [6.45, 7) is 0.881. The SMILES string of the molecule is CN(C)CC1=NN=C(c2ccc([N+](=O)[O-])cc2)c2cc3c(cc2C1)OCO3. The van der Waals surface area contributed by atoms with Crippen LogP contribution in [-0.4, -0.2) is 48.7 Å². The lowest BCUT2D eigenvalue weighted by Gasteiger charge is -2.13. The van der Waals surface area contributed by atoms with Gasteiger partial charge in [0.1, 0.15) is 5.71 Å². The van der Waals surface area contributed by atoms with Gasteiger partial charge in [0.15, 0.2) is 11.5 Å². The topological polar surface area (TPSA) is 89.6 Å². The lowest BCUT2D eigenvalue weighted by Crippen LogP contribution is -2.23. The van der Waals surface area contributed by atoms with Gasteiger partial charge in [-0.1, -0.05) is 0 Å². The van der Waals surface area contributed by atoms with E-state index in [-0.39, 0.29) is 12.5 Å². The number of nitrogens with zero attached hydrogens (tertiary/aromatic N) is 4. The zero-order chi connectivity index (χ0) is 19.0. The first-order chi connectivity index (χ1) is 13.0. The number of ether oxygens (including phenoxy) is 2. The molecule has 8 nitrogen and oxygen atoms in total. The lowest BCUT2D eigenvalue weighted by molar-refractivity contribution is -0.384. The van der Waals surface area contributed by atoms with Crippen molar-refractivity contribution >= 4 is 17.1 Å². The molecule has 0 unspecified atom stereocenters. The maximum atomic E-state index is 10.9. The summed E-state index contributed by atoms with van der Waals surface area (Å²) in [5.41, 5.74) is 4.32. The van der Waals surface area contributed by atoms with Crippen molar-refractivity contribution in [1.82, 2.24) is 4.90 Å². The van der Waals surface area contributed by atoms with Crippen molar-refractivity contribution in [2.45, 2.75) is 6.42 Å². The van der Waals surface area contributed by atoms with Gasteiger partial charge in [0.25, 0.3) is 5.69 Å². The minimum absolute atomic E-state index is 0.0377. The third kappa shape index (κ3) is 3.39. The third-order valence-electron chi connectivity index (χ3n) is 4.39. The Bertz CT molecular complexity index is 964. The first-order valence-corrected chi connectivity index (χ1v) is 8.47. The highest BCUT2D eigenvalue weighted by atomic mass is 16.7. The van der Waals surface area contributed by atoms with E-state index in [0.717, 1.165) is 22.4 Å². The fourth-order valence-corrected chi connectivity index (χ4v) is 3.19. The first kappa shape index (κ1) is 17.2. The predicted octanol–water partition coefficient (Wildman–Crippen LogP) is 2.63. The molecule has 8 heteroatoms. The summed E-state index contributed by atoms with van der Waals surface area (Å²) in [6, 6.07) is 10.2. The highest BCUT2D eigenvalue weighted by Crippen LogP contribution is 2.36. The van der Waals surface area contributed by atoms with Gasteiger partial charge in [-0.3, -0.25) is 10.1 Å². The van der Waals surface area contributed by atoms with Crippen LogP contribution in [0.2, 0.25) is 0 Å². The summed E-state index contributed by atoms with van der Waals surface area (Å²) in [5, 5.41) is 19.9. The molecule has 4 rings (SSSR count). The summed E-state index contributed by atoms with van der Waals surface area (Å²) in [5.74, 6) is 1.38. The van der Waals surface area contributed by atoms with Crippen LogP contribution < -0.4 is 9.47 Å². The normalized spacial score (nSPS) is 15.1. The van der Waals surface area contributed by atoms with Crippen LogP contribution in [0.15, 0.2) is 46.6 Å². The van der Waals surface area contributed by atoms with Crippen molar-refractivity contribution in [3.63, 3.8) is 0 Å². The van der Waals surface area contributed by atoms with Crippen molar-refractivity contribution in [3.8, 4) is 11.5 Å². The Morgan fingerprint density at radius 1 is 1.11 bits per heavy atom. The summed E-state index contributed by atoms with van der Waals surface area (Å²) in [4.78, 5) is 12.6. The van der Waals surface area contributed by atoms with Gasteiger partial charge in [0.05, 0.1) is 10.6 Å². The van der Waals surface area contributed by atoms with Gasteiger partial charge in [-0.2, -0.15) is 5.10 Å². The molecule has 0 amide bonds. The number of nitro groups is 1. The maximum Gasteiger partial charge on any atom is 0.269 e. The van der Waals surface area contributed by atoms with Crippen LogP contribution in [-0.2, 0) is 6.42 Å². The van der Waals surface area contributed by atoms with E-state index in [4.69, 9.17) is 9.47 Å². The van der Waals surface area contributed by atoms with Gasteiger partial charge in [-0.05, 0) is 43.9 Å². The summed E-state index contributed by atoms with van der Waals surface area (Å²) in [6.07, 6.45) is 0.643. The molecule has 0 radical (unpaired) electrons.